The number of hydrogen-bond donors (Lipinski definition) is 1. The molecule has 1 aromatic carbocycles. The van der Waals surface area contributed by atoms with Crippen LogP contribution in [0.15, 0.2) is 41.0 Å². The van der Waals surface area contributed by atoms with Gasteiger partial charge in [-0.05, 0) is 50.8 Å². The van der Waals surface area contributed by atoms with Crippen LogP contribution in [0, 0.1) is 11.3 Å². The summed E-state index contributed by atoms with van der Waals surface area (Å²) in [6.45, 7) is 7.82. The third-order valence-electron chi connectivity index (χ3n) is 5.13. The zero-order valence-corrected chi connectivity index (χ0v) is 16.0. The van der Waals surface area contributed by atoms with Gasteiger partial charge in [-0.15, -0.1) is 0 Å². The number of nitrogens with zero attached hydrogens (tertiary/aromatic N) is 2. The number of carbonyl (C=O) groups is 1. The molecule has 6 heteroatoms. The minimum absolute atomic E-state index is 0.0425. The second kappa shape index (κ2) is 7.75. The van der Waals surface area contributed by atoms with E-state index in [0.29, 0.717) is 11.3 Å². The molecule has 0 radical (unpaired) electrons. The van der Waals surface area contributed by atoms with Gasteiger partial charge in [0.25, 0.3) is 0 Å². The quantitative estimate of drug-likeness (QED) is 0.823. The number of fused-ring (bicyclic) bond motifs is 1. The van der Waals surface area contributed by atoms with Crippen LogP contribution < -0.4 is 10.6 Å². The van der Waals surface area contributed by atoms with Crippen molar-refractivity contribution in [3.05, 3.63) is 52.1 Å². The monoisotopic (exact) mass is 367 g/mol. The summed E-state index contributed by atoms with van der Waals surface area (Å²) in [4.78, 5) is 14.9. The molecule has 2 N–H and O–H groups in total. The SMILES string of the molecule is CCOC(=O)C1=C(C)OC(N)=C(C#N)C1c1ccc2c(c1)CCCN2CC. The van der Waals surface area contributed by atoms with E-state index < -0.39 is 11.9 Å². The van der Waals surface area contributed by atoms with Gasteiger partial charge in [-0.3, -0.25) is 0 Å². The van der Waals surface area contributed by atoms with E-state index in [4.69, 9.17) is 15.2 Å². The van der Waals surface area contributed by atoms with Crippen LogP contribution >= 0.6 is 0 Å². The summed E-state index contributed by atoms with van der Waals surface area (Å²) >= 11 is 0. The summed E-state index contributed by atoms with van der Waals surface area (Å²) in [5.41, 5.74) is 9.85. The Kier molecular flexibility index (Phi) is 5.41. The Labute approximate surface area is 159 Å². The van der Waals surface area contributed by atoms with E-state index in [-0.39, 0.29) is 18.1 Å². The van der Waals surface area contributed by atoms with Crippen molar-refractivity contribution in [2.45, 2.75) is 39.5 Å². The van der Waals surface area contributed by atoms with E-state index in [1.54, 1.807) is 13.8 Å². The van der Waals surface area contributed by atoms with Crippen LogP contribution in [0.3, 0.4) is 0 Å². The van der Waals surface area contributed by atoms with Crippen LogP contribution in [-0.4, -0.2) is 25.7 Å². The zero-order chi connectivity index (χ0) is 19.6. The minimum Gasteiger partial charge on any atom is -0.463 e. The first-order chi connectivity index (χ1) is 13.0. The predicted octanol–water partition coefficient (Wildman–Crippen LogP) is 3.10. The third-order valence-corrected chi connectivity index (χ3v) is 5.13. The molecule has 1 unspecified atom stereocenters. The van der Waals surface area contributed by atoms with Gasteiger partial charge in [0.2, 0.25) is 5.88 Å². The third kappa shape index (κ3) is 3.37. The summed E-state index contributed by atoms with van der Waals surface area (Å²) in [5, 5.41) is 9.68. The number of esters is 1. The number of ether oxygens (including phenoxy) is 2. The Hall–Kier alpha value is -2.94. The van der Waals surface area contributed by atoms with E-state index >= 15 is 0 Å². The molecule has 6 nitrogen and oxygen atoms in total. The zero-order valence-electron chi connectivity index (χ0n) is 16.0. The van der Waals surface area contributed by atoms with Crippen molar-refractivity contribution in [1.29, 1.82) is 5.26 Å². The molecule has 0 bridgehead atoms. The van der Waals surface area contributed by atoms with E-state index in [1.807, 2.05) is 6.07 Å². The molecule has 0 spiro atoms. The van der Waals surface area contributed by atoms with Crippen molar-refractivity contribution in [2.24, 2.45) is 5.73 Å². The molecule has 142 valence electrons. The Morgan fingerprint density at radius 2 is 2.22 bits per heavy atom. The molecule has 2 aliphatic heterocycles. The number of carbonyl (C=O) groups excluding carboxylic acids is 1. The fourth-order valence-corrected chi connectivity index (χ4v) is 3.89. The Balaban J connectivity index is 2.11. The summed E-state index contributed by atoms with van der Waals surface area (Å²) in [6.07, 6.45) is 2.06. The van der Waals surface area contributed by atoms with Gasteiger partial charge in [-0.1, -0.05) is 12.1 Å². The lowest BCUT2D eigenvalue weighted by molar-refractivity contribution is -0.139. The summed E-state index contributed by atoms with van der Waals surface area (Å²) in [5.74, 6) is -0.637. The number of allylic oxidation sites excluding steroid dienone is 2. The van der Waals surface area contributed by atoms with Gasteiger partial charge in [0.15, 0.2) is 0 Å². The van der Waals surface area contributed by atoms with Gasteiger partial charge >= 0.3 is 5.97 Å². The number of hydrogen-bond acceptors (Lipinski definition) is 6. The molecule has 1 atom stereocenters. The fourth-order valence-electron chi connectivity index (χ4n) is 3.89. The van der Waals surface area contributed by atoms with Crippen molar-refractivity contribution in [3.63, 3.8) is 0 Å². The highest BCUT2D eigenvalue weighted by atomic mass is 16.5. The molecule has 27 heavy (non-hydrogen) atoms. The minimum atomic E-state index is -0.579. The lowest BCUT2D eigenvalue weighted by atomic mass is 9.81. The largest absolute Gasteiger partial charge is 0.463 e. The average Bonchev–Trinajstić information content (AvgIpc) is 2.66. The molecule has 3 rings (SSSR count). The Morgan fingerprint density at radius 3 is 2.89 bits per heavy atom. The second-order valence-electron chi connectivity index (χ2n) is 6.69. The van der Waals surface area contributed by atoms with Crippen LogP contribution in [0.1, 0.15) is 44.2 Å². The molecule has 0 aromatic heterocycles. The molecule has 2 heterocycles. The lowest BCUT2D eigenvalue weighted by Gasteiger charge is -2.32. The van der Waals surface area contributed by atoms with E-state index in [2.05, 4.69) is 30.0 Å². The highest BCUT2D eigenvalue weighted by Crippen LogP contribution is 2.41. The highest BCUT2D eigenvalue weighted by Gasteiger charge is 2.36. The van der Waals surface area contributed by atoms with Crippen molar-refractivity contribution in [3.8, 4) is 6.07 Å². The van der Waals surface area contributed by atoms with Gasteiger partial charge < -0.3 is 20.1 Å². The number of rotatable bonds is 4. The first kappa shape index (κ1) is 18.8. The number of anilines is 1. The molecular formula is C21H25N3O3. The average molecular weight is 367 g/mol. The lowest BCUT2D eigenvalue weighted by Crippen LogP contribution is -2.29. The summed E-state index contributed by atoms with van der Waals surface area (Å²) in [7, 11) is 0. The summed E-state index contributed by atoms with van der Waals surface area (Å²) < 4.78 is 10.7. The van der Waals surface area contributed by atoms with E-state index in [9.17, 15) is 10.1 Å². The number of nitriles is 1. The molecule has 0 fully saturated rings. The first-order valence-corrected chi connectivity index (χ1v) is 9.35. The number of aryl methyl sites for hydroxylation is 1. The Morgan fingerprint density at radius 1 is 1.44 bits per heavy atom. The second-order valence-corrected chi connectivity index (χ2v) is 6.69. The van der Waals surface area contributed by atoms with Crippen LogP contribution in [0.2, 0.25) is 0 Å². The van der Waals surface area contributed by atoms with Gasteiger partial charge in [-0.25, -0.2) is 4.79 Å². The maximum atomic E-state index is 12.6. The van der Waals surface area contributed by atoms with Gasteiger partial charge in [0.1, 0.15) is 17.4 Å². The number of nitrogens with two attached hydrogens (primary N) is 1. The van der Waals surface area contributed by atoms with E-state index in [1.165, 1.54) is 11.3 Å². The fraction of sp³-hybridized carbons (Fsp3) is 0.429. The van der Waals surface area contributed by atoms with Crippen molar-refractivity contribution >= 4 is 11.7 Å². The Bertz CT molecular complexity index is 864. The summed E-state index contributed by atoms with van der Waals surface area (Å²) in [6, 6.07) is 8.26. The standard InChI is InChI=1S/C21H25N3O3/c1-4-24-10-6-7-14-11-15(8-9-17(14)24)19-16(12-22)20(23)27-13(3)18(19)21(25)26-5-2/h8-9,11,19H,4-7,10,23H2,1-3H3. The number of benzene rings is 1. The van der Waals surface area contributed by atoms with E-state index in [0.717, 1.165) is 31.5 Å². The first-order valence-electron chi connectivity index (χ1n) is 9.35. The molecular weight excluding hydrogens is 342 g/mol. The van der Waals surface area contributed by atoms with Gasteiger partial charge in [0.05, 0.1) is 18.1 Å². The van der Waals surface area contributed by atoms with Crippen molar-refractivity contribution in [1.82, 2.24) is 0 Å². The highest BCUT2D eigenvalue weighted by molar-refractivity contribution is 5.92. The molecule has 2 aliphatic rings. The van der Waals surface area contributed by atoms with Crippen molar-refractivity contribution in [2.75, 3.05) is 24.6 Å². The molecule has 0 saturated carbocycles. The molecule has 0 amide bonds. The maximum absolute atomic E-state index is 12.6. The molecule has 0 aliphatic carbocycles. The van der Waals surface area contributed by atoms with Crippen LogP contribution in [0.5, 0.6) is 0 Å². The maximum Gasteiger partial charge on any atom is 0.338 e. The van der Waals surface area contributed by atoms with Crippen molar-refractivity contribution < 1.29 is 14.3 Å². The smallest absolute Gasteiger partial charge is 0.338 e. The molecule has 0 saturated heterocycles. The van der Waals surface area contributed by atoms with Gasteiger partial charge in [-0.2, -0.15) is 5.26 Å². The topological polar surface area (TPSA) is 88.6 Å². The van der Waals surface area contributed by atoms with Crippen LogP contribution in [0.4, 0.5) is 5.69 Å². The van der Waals surface area contributed by atoms with Gasteiger partial charge in [0, 0.05) is 18.8 Å². The predicted molar refractivity (Wildman–Crippen MR) is 103 cm³/mol. The van der Waals surface area contributed by atoms with Crippen LogP contribution in [-0.2, 0) is 20.7 Å². The normalized spacial score (nSPS) is 19.3. The molecule has 1 aromatic rings. The van der Waals surface area contributed by atoms with Crippen LogP contribution in [0.25, 0.3) is 0 Å².